The Kier molecular flexibility index (Phi) is 6.07. The second-order valence-corrected chi connectivity index (χ2v) is 4.21. The van der Waals surface area contributed by atoms with Crippen LogP contribution in [0, 0.1) is 0 Å². The molecular weight excluding hydrogens is 226 g/mol. The number of carbonyl (C=O) groups excluding carboxylic acids is 1. The highest BCUT2D eigenvalue weighted by Crippen LogP contribution is 2.05. The van der Waals surface area contributed by atoms with Gasteiger partial charge in [0.25, 0.3) is 0 Å². The smallest absolute Gasteiger partial charge is 0.308 e. The Morgan fingerprint density at radius 3 is 3.12 bits per heavy atom. The van der Waals surface area contributed by atoms with Crippen LogP contribution in [0.2, 0.25) is 0 Å². The lowest BCUT2D eigenvalue weighted by Gasteiger charge is -2.10. The number of esters is 1. The first-order valence-corrected chi connectivity index (χ1v) is 6.22. The summed E-state index contributed by atoms with van der Waals surface area (Å²) >= 11 is 1.64. The van der Waals surface area contributed by atoms with Gasteiger partial charge in [0.1, 0.15) is 0 Å². The van der Waals surface area contributed by atoms with Gasteiger partial charge < -0.3 is 15.2 Å². The number of carbonyl (C=O) groups is 1. The van der Waals surface area contributed by atoms with Gasteiger partial charge in [-0.05, 0) is 29.3 Å². The maximum atomic E-state index is 11.0. The van der Waals surface area contributed by atoms with Crippen LogP contribution in [0.3, 0.4) is 0 Å². The fourth-order valence-corrected chi connectivity index (χ4v) is 1.93. The van der Waals surface area contributed by atoms with Crippen LogP contribution in [0.1, 0.15) is 18.9 Å². The lowest BCUT2D eigenvalue weighted by molar-refractivity contribution is -0.145. The van der Waals surface area contributed by atoms with Crippen molar-refractivity contribution >= 4 is 17.3 Å². The van der Waals surface area contributed by atoms with Crippen LogP contribution in [0.5, 0.6) is 0 Å². The summed E-state index contributed by atoms with van der Waals surface area (Å²) in [6.45, 7) is 3.21. The molecule has 1 atom stereocenters. The number of ether oxygens (including phenoxy) is 1. The molecular formula is C11H17NO3S. The van der Waals surface area contributed by atoms with Crippen molar-refractivity contribution < 1.29 is 14.6 Å². The predicted molar refractivity (Wildman–Crippen MR) is 63.3 cm³/mol. The highest BCUT2D eigenvalue weighted by molar-refractivity contribution is 7.07. The van der Waals surface area contributed by atoms with Crippen molar-refractivity contribution in [2.75, 3.05) is 13.2 Å². The molecule has 1 aromatic heterocycles. The zero-order valence-electron chi connectivity index (χ0n) is 9.31. The predicted octanol–water partition coefficient (Wildman–Crippen LogP) is 1.15. The number of aliphatic hydroxyl groups is 1. The number of rotatable bonds is 7. The van der Waals surface area contributed by atoms with Crippen LogP contribution < -0.4 is 5.32 Å². The quantitative estimate of drug-likeness (QED) is 0.705. The van der Waals surface area contributed by atoms with Gasteiger partial charge in [-0.25, -0.2) is 0 Å². The molecule has 0 aromatic carbocycles. The van der Waals surface area contributed by atoms with E-state index in [4.69, 9.17) is 4.74 Å². The second-order valence-electron chi connectivity index (χ2n) is 3.43. The van der Waals surface area contributed by atoms with Gasteiger partial charge in [0.2, 0.25) is 0 Å². The Bertz CT molecular complexity index is 300. The zero-order valence-corrected chi connectivity index (χ0v) is 10.1. The third-order valence-electron chi connectivity index (χ3n) is 2.00. The Labute approximate surface area is 99.2 Å². The van der Waals surface area contributed by atoms with Gasteiger partial charge in [0.05, 0.1) is 19.1 Å². The minimum Gasteiger partial charge on any atom is -0.466 e. The number of thiophene rings is 1. The summed E-state index contributed by atoms with van der Waals surface area (Å²) in [5, 5.41) is 16.7. The van der Waals surface area contributed by atoms with E-state index in [0.29, 0.717) is 19.7 Å². The maximum absolute atomic E-state index is 11.0. The first-order chi connectivity index (χ1) is 7.72. The molecule has 1 rings (SSSR count). The molecule has 0 aliphatic heterocycles. The Morgan fingerprint density at radius 2 is 2.50 bits per heavy atom. The zero-order chi connectivity index (χ0) is 11.8. The lowest BCUT2D eigenvalue weighted by atomic mass is 10.2. The molecule has 0 spiro atoms. The molecule has 1 heterocycles. The van der Waals surface area contributed by atoms with E-state index in [9.17, 15) is 9.90 Å². The topological polar surface area (TPSA) is 58.6 Å². The highest BCUT2D eigenvalue weighted by Gasteiger charge is 2.10. The van der Waals surface area contributed by atoms with Crippen molar-refractivity contribution in [2.45, 2.75) is 26.0 Å². The Morgan fingerprint density at radius 1 is 1.69 bits per heavy atom. The fraction of sp³-hybridized carbons (Fsp3) is 0.545. The van der Waals surface area contributed by atoms with Gasteiger partial charge in [-0.3, -0.25) is 4.79 Å². The monoisotopic (exact) mass is 243 g/mol. The van der Waals surface area contributed by atoms with Crippen molar-refractivity contribution in [3.05, 3.63) is 22.4 Å². The summed E-state index contributed by atoms with van der Waals surface area (Å²) in [5.41, 5.74) is 1.19. The van der Waals surface area contributed by atoms with E-state index in [1.54, 1.807) is 18.3 Å². The van der Waals surface area contributed by atoms with E-state index in [-0.39, 0.29) is 12.4 Å². The summed E-state index contributed by atoms with van der Waals surface area (Å²) in [5.74, 6) is -0.354. The van der Waals surface area contributed by atoms with E-state index in [1.807, 2.05) is 16.8 Å². The number of aliphatic hydroxyl groups excluding tert-OH is 1. The Balaban J connectivity index is 2.10. The van der Waals surface area contributed by atoms with Gasteiger partial charge in [-0.1, -0.05) is 0 Å². The first kappa shape index (κ1) is 13.2. The molecule has 0 bridgehead atoms. The molecule has 0 saturated heterocycles. The van der Waals surface area contributed by atoms with Crippen LogP contribution in [-0.4, -0.2) is 30.3 Å². The van der Waals surface area contributed by atoms with Crippen LogP contribution in [0.25, 0.3) is 0 Å². The molecule has 5 heteroatoms. The molecule has 0 amide bonds. The highest BCUT2D eigenvalue weighted by atomic mass is 32.1. The van der Waals surface area contributed by atoms with E-state index in [2.05, 4.69) is 5.32 Å². The van der Waals surface area contributed by atoms with Gasteiger partial charge in [0.15, 0.2) is 0 Å². The minimum absolute atomic E-state index is 0.0461. The van der Waals surface area contributed by atoms with Crippen molar-refractivity contribution in [2.24, 2.45) is 0 Å². The summed E-state index contributed by atoms with van der Waals surface area (Å²) < 4.78 is 4.74. The summed E-state index contributed by atoms with van der Waals surface area (Å²) in [6, 6.07) is 2.02. The van der Waals surface area contributed by atoms with Gasteiger partial charge in [0, 0.05) is 13.1 Å². The summed E-state index contributed by atoms with van der Waals surface area (Å²) in [6.07, 6.45) is -0.637. The van der Waals surface area contributed by atoms with Crippen molar-refractivity contribution in [1.29, 1.82) is 0 Å². The number of hydrogen-bond donors (Lipinski definition) is 2. The van der Waals surface area contributed by atoms with E-state index in [1.165, 1.54) is 5.56 Å². The molecule has 2 N–H and O–H groups in total. The molecule has 4 nitrogen and oxygen atoms in total. The van der Waals surface area contributed by atoms with E-state index in [0.717, 1.165) is 0 Å². The number of nitrogens with one attached hydrogen (secondary N) is 1. The lowest BCUT2D eigenvalue weighted by Crippen LogP contribution is -2.28. The van der Waals surface area contributed by atoms with Crippen LogP contribution >= 0.6 is 11.3 Å². The molecule has 1 unspecified atom stereocenters. The molecule has 0 saturated carbocycles. The van der Waals surface area contributed by atoms with Gasteiger partial charge >= 0.3 is 5.97 Å². The van der Waals surface area contributed by atoms with Crippen LogP contribution in [-0.2, 0) is 16.1 Å². The van der Waals surface area contributed by atoms with Crippen molar-refractivity contribution in [3.8, 4) is 0 Å². The largest absolute Gasteiger partial charge is 0.466 e. The molecule has 1 aromatic rings. The molecule has 0 aliphatic rings. The molecule has 0 fully saturated rings. The van der Waals surface area contributed by atoms with Crippen molar-refractivity contribution in [3.63, 3.8) is 0 Å². The summed E-state index contributed by atoms with van der Waals surface area (Å²) in [4.78, 5) is 11.0. The minimum atomic E-state index is -0.683. The second kappa shape index (κ2) is 7.38. The molecule has 90 valence electrons. The first-order valence-electron chi connectivity index (χ1n) is 5.28. The van der Waals surface area contributed by atoms with E-state index >= 15 is 0 Å². The van der Waals surface area contributed by atoms with Crippen LogP contribution in [0.15, 0.2) is 16.8 Å². The third-order valence-corrected chi connectivity index (χ3v) is 2.73. The fourth-order valence-electron chi connectivity index (χ4n) is 1.26. The SMILES string of the molecule is CCOC(=O)CC(O)CNCc1ccsc1. The normalized spacial score (nSPS) is 12.4. The molecule has 0 aliphatic carbocycles. The average Bonchev–Trinajstić information content (AvgIpc) is 2.70. The van der Waals surface area contributed by atoms with Gasteiger partial charge in [-0.2, -0.15) is 11.3 Å². The van der Waals surface area contributed by atoms with Crippen molar-refractivity contribution in [1.82, 2.24) is 5.32 Å². The number of hydrogen-bond acceptors (Lipinski definition) is 5. The molecule has 16 heavy (non-hydrogen) atoms. The maximum Gasteiger partial charge on any atom is 0.308 e. The Hall–Kier alpha value is -0.910. The average molecular weight is 243 g/mol. The summed E-state index contributed by atoms with van der Waals surface area (Å²) in [7, 11) is 0. The van der Waals surface area contributed by atoms with E-state index < -0.39 is 6.10 Å². The standard InChI is InChI=1S/C11H17NO3S/c1-2-15-11(14)5-10(13)7-12-6-9-3-4-16-8-9/h3-4,8,10,12-13H,2,5-7H2,1H3. The van der Waals surface area contributed by atoms with Crippen LogP contribution in [0.4, 0.5) is 0 Å². The molecule has 0 radical (unpaired) electrons. The van der Waals surface area contributed by atoms with Gasteiger partial charge in [-0.15, -0.1) is 0 Å². The third kappa shape index (κ3) is 5.25.